The maximum atomic E-state index is 11.9. The molecule has 0 aromatic rings. The van der Waals surface area contributed by atoms with E-state index >= 15 is 0 Å². The van der Waals surface area contributed by atoms with E-state index in [0.717, 1.165) is 25.9 Å². The summed E-state index contributed by atoms with van der Waals surface area (Å²) in [4.78, 5) is 13.7. The Morgan fingerprint density at radius 3 is 2.65 bits per heavy atom. The molecule has 1 rings (SSSR count). The third kappa shape index (κ3) is 3.80. The van der Waals surface area contributed by atoms with Crippen molar-refractivity contribution in [2.45, 2.75) is 39.2 Å². The molecular weight excluding hydrogens is 220 g/mol. The van der Waals surface area contributed by atoms with Gasteiger partial charge in [-0.05, 0) is 25.2 Å². The maximum absolute atomic E-state index is 11.9. The van der Waals surface area contributed by atoms with E-state index in [1.165, 1.54) is 0 Å². The van der Waals surface area contributed by atoms with Crippen molar-refractivity contribution in [1.82, 2.24) is 10.2 Å². The summed E-state index contributed by atoms with van der Waals surface area (Å²) in [5.74, 6) is 0.733. The lowest BCUT2D eigenvalue weighted by atomic mass is 10.00. The summed E-state index contributed by atoms with van der Waals surface area (Å²) in [7, 11) is 0. The highest BCUT2D eigenvalue weighted by atomic mass is 16.4. The first kappa shape index (κ1) is 13.6. The molecule has 0 bridgehead atoms. The molecule has 1 heterocycles. The van der Waals surface area contributed by atoms with Gasteiger partial charge in [0.05, 0.1) is 6.04 Å². The molecule has 0 aromatic carbocycles. The van der Waals surface area contributed by atoms with Crippen LogP contribution in [0.3, 0.4) is 0 Å². The minimum atomic E-state index is -0.396. The van der Waals surface area contributed by atoms with Gasteiger partial charge in [-0.2, -0.15) is 0 Å². The van der Waals surface area contributed by atoms with E-state index in [0.29, 0.717) is 12.3 Å². The predicted molar refractivity (Wildman–Crippen MR) is 66.0 cm³/mol. The molecule has 0 saturated carbocycles. The Hall–Kier alpha value is -1.46. The molecule has 4 N–H and O–H groups in total. The zero-order valence-corrected chi connectivity index (χ0v) is 10.5. The van der Waals surface area contributed by atoms with Crippen LogP contribution in [0.2, 0.25) is 0 Å². The Morgan fingerprint density at radius 2 is 2.18 bits per heavy atom. The van der Waals surface area contributed by atoms with Gasteiger partial charge in [-0.25, -0.2) is 4.79 Å². The van der Waals surface area contributed by atoms with Gasteiger partial charge in [0.15, 0.2) is 5.84 Å². The average molecular weight is 242 g/mol. The van der Waals surface area contributed by atoms with Crippen LogP contribution in [0.4, 0.5) is 4.79 Å². The molecule has 1 atom stereocenters. The average Bonchev–Trinajstić information content (AvgIpc) is 2.35. The lowest BCUT2D eigenvalue weighted by Crippen LogP contribution is -2.51. The number of amides is 2. The van der Waals surface area contributed by atoms with Gasteiger partial charge in [-0.15, -0.1) is 0 Å². The first-order valence-electron chi connectivity index (χ1n) is 6.11. The summed E-state index contributed by atoms with van der Waals surface area (Å²) in [6.45, 7) is 5.63. The molecule has 6 heteroatoms. The minimum Gasteiger partial charge on any atom is -0.409 e. The number of nitrogens with one attached hydrogen (secondary N) is 1. The number of urea groups is 1. The number of carbonyl (C=O) groups is 1. The molecule has 1 aliphatic heterocycles. The largest absolute Gasteiger partial charge is 0.409 e. The van der Waals surface area contributed by atoms with Crippen LogP contribution in [-0.4, -0.2) is 41.1 Å². The van der Waals surface area contributed by atoms with Crippen LogP contribution in [-0.2, 0) is 0 Å². The molecule has 1 aliphatic rings. The van der Waals surface area contributed by atoms with Gasteiger partial charge < -0.3 is 21.2 Å². The van der Waals surface area contributed by atoms with E-state index in [4.69, 9.17) is 10.9 Å². The fourth-order valence-corrected chi connectivity index (χ4v) is 1.91. The monoisotopic (exact) mass is 242 g/mol. The molecule has 0 radical (unpaired) electrons. The molecule has 0 spiro atoms. The van der Waals surface area contributed by atoms with Crippen molar-refractivity contribution in [3.05, 3.63) is 0 Å². The first-order valence-corrected chi connectivity index (χ1v) is 6.11. The van der Waals surface area contributed by atoms with Gasteiger partial charge in [0.25, 0.3) is 0 Å². The van der Waals surface area contributed by atoms with Crippen LogP contribution in [0.15, 0.2) is 5.16 Å². The number of amidine groups is 1. The van der Waals surface area contributed by atoms with Crippen molar-refractivity contribution in [3.63, 3.8) is 0 Å². The highest BCUT2D eigenvalue weighted by molar-refractivity contribution is 5.89. The molecule has 1 saturated heterocycles. The highest BCUT2D eigenvalue weighted by Crippen LogP contribution is 2.15. The third-order valence-corrected chi connectivity index (χ3v) is 3.25. The van der Waals surface area contributed by atoms with Gasteiger partial charge in [0.1, 0.15) is 0 Å². The maximum Gasteiger partial charge on any atom is 0.317 e. The van der Waals surface area contributed by atoms with Gasteiger partial charge in [-0.3, -0.25) is 0 Å². The van der Waals surface area contributed by atoms with Crippen molar-refractivity contribution in [1.29, 1.82) is 0 Å². The van der Waals surface area contributed by atoms with E-state index in [1.807, 2.05) is 6.92 Å². The van der Waals surface area contributed by atoms with E-state index in [1.54, 1.807) is 4.90 Å². The van der Waals surface area contributed by atoms with Crippen molar-refractivity contribution < 1.29 is 10.0 Å². The standard InChI is InChI=1S/C11H22N4O2/c1-3-9(10(12)14-17)13-11(16)15-6-4-8(2)5-7-15/h8-9,17H,3-7H2,1-2H3,(H2,12,14)(H,13,16). The number of piperidine rings is 1. The van der Waals surface area contributed by atoms with Gasteiger partial charge in [0.2, 0.25) is 0 Å². The van der Waals surface area contributed by atoms with Crippen LogP contribution >= 0.6 is 0 Å². The summed E-state index contributed by atoms with van der Waals surface area (Å²) in [6.07, 6.45) is 2.67. The molecule has 1 fully saturated rings. The number of carbonyl (C=O) groups excluding carboxylic acids is 1. The number of likely N-dealkylation sites (tertiary alicyclic amines) is 1. The Labute approximate surface area is 102 Å². The molecule has 2 amide bonds. The van der Waals surface area contributed by atoms with Crippen LogP contribution in [0.25, 0.3) is 0 Å². The van der Waals surface area contributed by atoms with Crippen molar-refractivity contribution in [2.24, 2.45) is 16.8 Å². The highest BCUT2D eigenvalue weighted by Gasteiger charge is 2.23. The van der Waals surface area contributed by atoms with Crippen LogP contribution in [0.5, 0.6) is 0 Å². The second kappa shape index (κ2) is 6.32. The Kier molecular flexibility index (Phi) is 5.06. The Bertz CT molecular complexity index is 285. The van der Waals surface area contributed by atoms with Crippen LogP contribution in [0.1, 0.15) is 33.1 Å². The number of hydrogen-bond donors (Lipinski definition) is 3. The van der Waals surface area contributed by atoms with E-state index in [2.05, 4.69) is 17.4 Å². The molecule has 0 aliphatic carbocycles. The summed E-state index contributed by atoms with van der Waals surface area (Å²) in [5, 5.41) is 14.3. The number of nitrogens with two attached hydrogens (primary N) is 1. The number of oxime groups is 1. The smallest absolute Gasteiger partial charge is 0.317 e. The van der Waals surface area contributed by atoms with Crippen LogP contribution < -0.4 is 11.1 Å². The zero-order valence-electron chi connectivity index (χ0n) is 10.5. The molecule has 0 aromatic heterocycles. The Morgan fingerprint density at radius 1 is 1.59 bits per heavy atom. The van der Waals surface area contributed by atoms with E-state index < -0.39 is 6.04 Å². The summed E-state index contributed by atoms with van der Waals surface area (Å²) in [6, 6.07) is -0.526. The van der Waals surface area contributed by atoms with Crippen LogP contribution in [0, 0.1) is 5.92 Å². The second-order valence-corrected chi connectivity index (χ2v) is 4.60. The number of rotatable bonds is 3. The van der Waals surface area contributed by atoms with Crippen molar-refractivity contribution in [2.75, 3.05) is 13.1 Å². The second-order valence-electron chi connectivity index (χ2n) is 4.60. The van der Waals surface area contributed by atoms with Gasteiger partial charge in [0, 0.05) is 13.1 Å². The topological polar surface area (TPSA) is 91.0 Å². The lowest BCUT2D eigenvalue weighted by molar-refractivity contribution is 0.172. The minimum absolute atomic E-state index is 0.0474. The zero-order chi connectivity index (χ0) is 12.8. The summed E-state index contributed by atoms with van der Waals surface area (Å²) in [5.41, 5.74) is 5.49. The van der Waals surface area contributed by atoms with Crippen molar-refractivity contribution in [3.8, 4) is 0 Å². The van der Waals surface area contributed by atoms with E-state index in [-0.39, 0.29) is 11.9 Å². The van der Waals surface area contributed by atoms with E-state index in [9.17, 15) is 4.79 Å². The number of nitrogens with zero attached hydrogens (tertiary/aromatic N) is 2. The molecular formula is C11H22N4O2. The third-order valence-electron chi connectivity index (χ3n) is 3.25. The molecule has 1 unspecified atom stereocenters. The summed E-state index contributed by atoms with van der Waals surface area (Å²) >= 11 is 0. The quantitative estimate of drug-likeness (QED) is 0.298. The van der Waals surface area contributed by atoms with Gasteiger partial charge >= 0.3 is 6.03 Å². The Balaban J connectivity index is 2.47. The van der Waals surface area contributed by atoms with Crippen molar-refractivity contribution >= 4 is 11.9 Å². The predicted octanol–water partition coefficient (Wildman–Crippen LogP) is 0.953. The molecule has 17 heavy (non-hydrogen) atoms. The first-order chi connectivity index (χ1) is 8.08. The fraction of sp³-hybridized carbons (Fsp3) is 0.818. The normalized spacial score (nSPS) is 20.1. The van der Waals surface area contributed by atoms with Gasteiger partial charge in [-0.1, -0.05) is 19.0 Å². The number of hydrogen-bond acceptors (Lipinski definition) is 3. The molecule has 98 valence electrons. The SMILES string of the molecule is CCC(NC(=O)N1CCC(C)CC1)C(N)=NO. The molecule has 6 nitrogen and oxygen atoms in total. The summed E-state index contributed by atoms with van der Waals surface area (Å²) < 4.78 is 0. The fourth-order valence-electron chi connectivity index (χ4n) is 1.91. The lowest BCUT2D eigenvalue weighted by Gasteiger charge is -2.31.